The van der Waals surface area contributed by atoms with Crippen LogP contribution in [0.2, 0.25) is 0 Å². The Kier molecular flexibility index (Phi) is 6.63. The molecule has 2 aromatic carbocycles. The van der Waals surface area contributed by atoms with Crippen LogP contribution in [0.5, 0.6) is 5.75 Å². The Morgan fingerprint density at radius 3 is 2.23 bits per heavy atom. The van der Waals surface area contributed by atoms with Crippen LogP contribution in [0.4, 0.5) is 14.5 Å². The predicted octanol–water partition coefficient (Wildman–Crippen LogP) is 3.34. The molecule has 7 nitrogen and oxygen atoms in total. The van der Waals surface area contributed by atoms with E-state index >= 15 is 0 Å². The molecule has 0 aliphatic carbocycles. The van der Waals surface area contributed by atoms with Crippen LogP contribution in [-0.2, 0) is 20.0 Å². The maximum atomic E-state index is 14.0. The molecular weight excluding hydrogens is 438 g/mol. The van der Waals surface area contributed by atoms with Crippen LogP contribution >= 0.6 is 0 Å². The van der Waals surface area contributed by atoms with Crippen LogP contribution < -0.4 is 9.46 Å². The number of rotatable bonds is 6. The SMILES string of the molecule is COc1ccc(S(=O)(=O)N2CCCCCC2)cc1NS(=O)(=O)c1cc(F)ccc1F. The summed E-state index contributed by atoms with van der Waals surface area (Å²) in [5.74, 6) is -2.04. The Morgan fingerprint density at radius 1 is 0.933 bits per heavy atom. The average Bonchev–Trinajstić information content (AvgIpc) is 2.99. The van der Waals surface area contributed by atoms with E-state index in [-0.39, 0.29) is 16.3 Å². The number of halogens is 2. The molecule has 30 heavy (non-hydrogen) atoms. The number of methoxy groups -OCH3 is 1. The highest BCUT2D eigenvalue weighted by Gasteiger charge is 2.27. The van der Waals surface area contributed by atoms with E-state index in [1.54, 1.807) is 0 Å². The molecule has 1 heterocycles. The van der Waals surface area contributed by atoms with Gasteiger partial charge in [-0.3, -0.25) is 4.72 Å². The minimum Gasteiger partial charge on any atom is -0.495 e. The molecule has 0 bridgehead atoms. The maximum Gasteiger partial charge on any atom is 0.265 e. The molecule has 11 heteroatoms. The predicted molar refractivity (Wildman–Crippen MR) is 107 cm³/mol. The summed E-state index contributed by atoms with van der Waals surface area (Å²) in [6, 6.07) is 5.78. The first kappa shape index (κ1) is 22.4. The van der Waals surface area contributed by atoms with Crippen molar-refractivity contribution in [3.8, 4) is 5.75 Å². The zero-order valence-electron chi connectivity index (χ0n) is 16.3. The second-order valence-electron chi connectivity index (χ2n) is 6.86. The van der Waals surface area contributed by atoms with Gasteiger partial charge in [0, 0.05) is 13.1 Å². The zero-order valence-corrected chi connectivity index (χ0v) is 17.9. The topological polar surface area (TPSA) is 92.8 Å². The summed E-state index contributed by atoms with van der Waals surface area (Å²) in [5.41, 5.74) is -0.197. The fourth-order valence-corrected chi connectivity index (χ4v) is 5.94. The summed E-state index contributed by atoms with van der Waals surface area (Å²) in [7, 11) is -7.13. The van der Waals surface area contributed by atoms with E-state index < -0.39 is 36.6 Å². The van der Waals surface area contributed by atoms with Crippen molar-refractivity contribution in [3.05, 3.63) is 48.0 Å². The standard InChI is InChI=1S/C19H22F2N2O5S2/c1-28-18-9-7-15(30(26,27)23-10-4-2-3-5-11-23)13-17(18)22-29(24,25)19-12-14(20)6-8-16(19)21/h6-9,12-13,22H,2-5,10-11H2,1H3. The van der Waals surface area contributed by atoms with Gasteiger partial charge in [-0.15, -0.1) is 0 Å². The van der Waals surface area contributed by atoms with Crippen LogP contribution in [0, 0.1) is 11.6 Å². The third-order valence-electron chi connectivity index (χ3n) is 4.80. The van der Waals surface area contributed by atoms with Crippen LogP contribution in [0.3, 0.4) is 0 Å². The zero-order chi connectivity index (χ0) is 21.9. The summed E-state index contributed by atoms with van der Waals surface area (Å²) in [6.07, 6.45) is 3.37. The van der Waals surface area contributed by atoms with E-state index in [2.05, 4.69) is 4.72 Å². The first-order valence-corrected chi connectivity index (χ1v) is 12.2. The molecule has 0 aromatic heterocycles. The first-order chi connectivity index (χ1) is 14.1. The molecule has 0 amide bonds. The van der Waals surface area contributed by atoms with Gasteiger partial charge in [-0.05, 0) is 49.2 Å². The lowest BCUT2D eigenvalue weighted by Gasteiger charge is -2.21. The summed E-state index contributed by atoms with van der Waals surface area (Å²) in [5, 5.41) is 0. The van der Waals surface area contributed by atoms with Crippen molar-refractivity contribution in [3.63, 3.8) is 0 Å². The van der Waals surface area contributed by atoms with Crippen molar-refractivity contribution < 1.29 is 30.4 Å². The number of hydrogen-bond donors (Lipinski definition) is 1. The summed E-state index contributed by atoms with van der Waals surface area (Å²) >= 11 is 0. The minimum atomic E-state index is -4.55. The highest BCUT2D eigenvalue weighted by Crippen LogP contribution is 2.32. The molecule has 1 aliphatic heterocycles. The highest BCUT2D eigenvalue weighted by molar-refractivity contribution is 7.92. The second-order valence-corrected chi connectivity index (χ2v) is 10.4. The van der Waals surface area contributed by atoms with E-state index in [0.717, 1.165) is 37.8 Å². The Morgan fingerprint density at radius 2 is 1.60 bits per heavy atom. The van der Waals surface area contributed by atoms with Gasteiger partial charge in [0.25, 0.3) is 10.0 Å². The van der Waals surface area contributed by atoms with Crippen molar-refractivity contribution in [2.75, 3.05) is 24.9 Å². The Labute approximate surface area is 174 Å². The van der Waals surface area contributed by atoms with Crippen LogP contribution in [0.1, 0.15) is 25.7 Å². The molecule has 0 spiro atoms. The summed E-state index contributed by atoms with van der Waals surface area (Å²) in [4.78, 5) is -1.02. The molecule has 0 saturated carbocycles. The van der Waals surface area contributed by atoms with Crippen LogP contribution in [0.25, 0.3) is 0 Å². The molecule has 1 N–H and O–H groups in total. The van der Waals surface area contributed by atoms with Gasteiger partial charge in [0.1, 0.15) is 22.3 Å². The van der Waals surface area contributed by atoms with Gasteiger partial charge in [0.15, 0.2) is 0 Å². The number of sulfonamides is 2. The van der Waals surface area contributed by atoms with E-state index in [9.17, 15) is 25.6 Å². The lowest BCUT2D eigenvalue weighted by atomic mass is 10.2. The molecule has 3 rings (SSSR count). The number of ether oxygens (including phenoxy) is 1. The van der Waals surface area contributed by atoms with E-state index in [4.69, 9.17) is 4.74 Å². The van der Waals surface area contributed by atoms with E-state index in [1.807, 2.05) is 0 Å². The highest BCUT2D eigenvalue weighted by atomic mass is 32.2. The molecule has 1 fully saturated rings. The van der Waals surface area contributed by atoms with Gasteiger partial charge in [0.2, 0.25) is 10.0 Å². The van der Waals surface area contributed by atoms with Gasteiger partial charge < -0.3 is 4.74 Å². The molecule has 164 valence electrons. The van der Waals surface area contributed by atoms with Crippen LogP contribution in [-0.4, -0.2) is 41.3 Å². The molecular formula is C19H22F2N2O5S2. The normalized spacial score (nSPS) is 16.1. The van der Waals surface area contributed by atoms with Crippen molar-refractivity contribution in [2.45, 2.75) is 35.5 Å². The van der Waals surface area contributed by atoms with Crippen molar-refractivity contribution in [1.29, 1.82) is 0 Å². The lowest BCUT2D eigenvalue weighted by Crippen LogP contribution is -2.32. The largest absolute Gasteiger partial charge is 0.495 e. The molecule has 1 saturated heterocycles. The molecule has 0 unspecified atom stereocenters. The monoisotopic (exact) mass is 460 g/mol. The van der Waals surface area contributed by atoms with Gasteiger partial charge >= 0.3 is 0 Å². The van der Waals surface area contributed by atoms with Crippen molar-refractivity contribution in [2.24, 2.45) is 0 Å². The Bertz CT molecular complexity index is 1130. The fourth-order valence-electron chi connectivity index (χ4n) is 3.24. The fraction of sp³-hybridized carbons (Fsp3) is 0.368. The first-order valence-electron chi connectivity index (χ1n) is 9.31. The number of benzene rings is 2. The lowest BCUT2D eigenvalue weighted by molar-refractivity contribution is 0.415. The van der Waals surface area contributed by atoms with Gasteiger partial charge in [-0.25, -0.2) is 25.6 Å². The quantitative estimate of drug-likeness (QED) is 0.714. The number of anilines is 1. The summed E-state index contributed by atoms with van der Waals surface area (Å²) < 4.78 is 87.3. The number of nitrogens with zero attached hydrogens (tertiary/aromatic N) is 1. The van der Waals surface area contributed by atoms with Crippen LogP contribution in [0.15, 0.2) is 46.2 Å². The molecule has 2 aromatic rings. The smallest absolute Gasteiger partial charge is 0.265 e. The van der Waals surface area contributed by atoms with E-state index in [1.165, 1.54) is 23.5 Å². The molecule has 1 aliphatic rings. The molecule has 0 atom stereocenters. The minimum absolute atomic E-state index is 0.0326. The average molecular weight is 461 g/mol. The Hall–Kier alpha value is -2.24. The third kappa shape index (κ3) is 4.73. The Balaban J connectivity index is 2.00. The second kappa shape index (κ2) is 8.86. The third-order valence-corrected chi connectivity index (χ3v) is 8.08. The van der Waals surface area contributed by atoms with Gasteiger partial charge in [-0.2, -0.15) is 4.31 Å². The van der Waals surface area contributed by atoms with Crippen molar-refractivity contribution in [1.82, 2.24) is 4.31 Å². The van der Waals surface area contributed by atoms with E-state index in [0.29, 0.717) is 25.2 Å². The summed E-state index contributed by atoms with van der Waals surface area (Å²) in [6.45, 7) is 0.758. The van der Waals surface area contributed by atoms with Gasteiger partial charge in [-0.1, -0.05) is 12.8 Å². The number of nitrogens with one attached hydrogen (secondary N) is 1. The van der Waals surface area contributed by atoms with Gasteiger partial charge in [0.05, 0.1) is 17.7 Å². The maximum absolute atomic E-state index is 14.0. The number of hydrogen-bond acceptors (Lipinski definition) is 5. The molecule has 0 radical (unpaired) electrons. The van der Waals surface area contributed by atoms with Crippen molar-refractivity contribution >= 4 is 25.7 Å².